The summed E-state index contributed by atoms with van der Waals surface area (Å²) < 4.78 is 0. The topological polar surface area (TPSA) is 35.2 Å². The molecule has 0 aromatic rings. The van der Waals surface area contributed by atoms with Gasteiger partial charge in [-0.2, -0.15) is 5.90 Å². The van der Waals surface area contributed by atoms with Gasteiger partial charge in [0.2, 0.25) is 0 Å². The van der Waals surface area contributed by atoms with Gasteiger partial charge >= 0.3 is 0 Å². The van der Waals surface area contributed by atoms with Crippen LogP contribution in [0.1, 0.15) is 20.8 Å². The van der Waals surface area contributed by atoms with Gasteiger partial charge in [-0.25, -0.2) is 0 Å². The van der Waals surface area contributed by atoms with Crippen LogP contribution in [0.5, 0.6) is 0 Å². The lowest BCUT2D eigenvalue weighted by molar-refractivity contribution is 0.157. The highest BCUT2D eigenvalue weighted by atomic mass is 16.6. The van der Waals surface area contributed by atoms with Crippen molar-refractivity contribution < 1.29 is 4.84 Å². The lowest BCUT2D eigenvalue weighted by atomic mass is 9.95. The van der Waals surface area contributed by atoms with Crippen molar-refractivity contribution in [2.75, 3.05) is 0 Å². The van der Waals surface area contributed by atoms with Gasteiger partial charge in [-0.05, 0) is 0 Å². The van der Waals surface area contributed by atoms with Crippen molar-refractivity contribution >= 4 is 0 Å². The summed E-state index contributed by atoms with van der Waals surface area (Å²) in [7, 11) is 0. The van der Waals surface area contributed by atoms with E-state index in [1.807, 2.05) is 20.8 Å². The zero-order chi connectivity index (χ0) is 6.78. The molecular formula is C6H13NO. The minimum atomic E-state index is -0.0330. The second-order valence-corrected chi connectivity index (χ2v) is 2.79. The third-order valence-electron chi connectivity index (χ3n) is 0.979. The van der Waals surface area contributed by atoms with Gasteiger partial charge < -0.3 is 4.84 Å². The van der Waals surface area contributed by atoms with Crippen LogP contribution in [-0.4, -0.2) is 0 Å². The normalized spacial score (nSPS) is 11.0. The van der Waals surface area contributed by atoms with Gasteiger partial charge in [0.25, 0.3) is 0 Å². The summed E-state index contributed by atoms with van der Waals surface area (Å²) in [4.78, 5) is 4.42. The Hall–Kier alpha value is -0.500. The molecule has 2 heteroatoms. The van der Waals surface area contributed by atoms with Crippen LogP contribution in [-0.2, 0) is 4.84 Å². The van der Waals surface area contributed by atoms with Crippen LogP contribution in [0.3, 0.4) is 0 Å². The number of rotatable bonds is 1. The van der Waals surface area contributed by atoms with Crippen molar-refractivity contribution in [2.24, 2.45) is 11.3 Å². The molecule has 0 spiro atoms. The van der Waals surface area contributed by atoms with E-state index >= 15 is 0 Å². The highest BCUT2D eigenvalue weighted by Gasteiger charge is 2.15. The van der Waals surface area contributed by atoms with E-state index in [1.165, 1.54) is 0 Å². The highest BCUT2D eigenvalue weighted by Crippen LogP contribution is 2.22. The predicted octanol–water partition coefficient (Wildman–Crippen LogP) is 1.44. The maximum atomic E-state index is 4.86. The van der Waals surface area contributed by atoms with Crippen molar-refractivity contribution in [2.45, 2.75) is 20.8 Å². The molecule has 0 fully saturated rings. The molecule has 0 aromatic carbocycles. The monoisotopic (exact) mass is 115 g/mol. The van der Waals surface area contributed by atoms with Crippen LogP contribution >= 0.6 is 0 Å². The lowest BCUT2D eigenvalue weighted by Gasteiger charge is -2.18. The van der Waals surface area contributed by atoms with Gasteiger partial charge in [-0.1, -0.05) is 27.4 Å². The first-order valence-electron chi connectivity index (χ1n) is 2.54. The third kappa shape index (κ3) is 1.98. The maximum Gasteiger partial charge on any atom is 0.122 e. The van der Waals surface area contributed by atoms with E-state index in [4.69, 9.17) is 5.90 Å². The van der Waals surface area contributed by atoms with Crippen LogP contribution in [0.15, 0.2) is 12.3 Å². The Morgan fingerprint density at radius 1 is 1.50 bits per heavy atom. The van der Waals surface area contributed by atoms with Crippen molar-refractivity contribution in [1.82, 2.24) is 0 Å². The first kappa shape index (κ1) is 7.50. The molecule has 2 nitrogen and oxygen atoms in total. The Balaban J connectivity index is 3.82. The van der Waals surface area contributed by atoms with E-state index < -0.39 is 0 Å². The number of hydrogen-bond donors (Lipinski definition) is 1. The van der Waals surface area contributed by atoms with Gasteiger partial charge in [0, 0.05) is 5.41 Å². The largest absolute Gasteiger partial charge is 0.416 e. The molecule has 48 valence electrons. The highest BCUT2D eigenvalue weighted by molar-refractivity contribution is 4.94. The van der Waals surface area contributed by atoms with Gasteiger partial charge in [0.15, 0.2) is 0 Å². The SMILES string of the molecule is C=C(ON)C(C)(C)C. The molecule has 0 rings (SSSR count). The van der Waals surface area contributed by atoms with E-state index in [0.29, 0.717) is 5.76 Å². The molecule has 0 amide bonds. The Morgan fingerprint density at radius 3 is 1.88 bits per heavy atom. The fourth-order valence-electron chi connectivity index (χ4n) is 0.177. The summed E-state index contributed by atoms with van der Waals surface area (Å²) in [6.45, 7) is 9.56. The molecule has 0 aliphatic heterocycles. The van der Waals surface area contributed by atoms with Crippen LogP contribution in [0.4, 0.5) is 0 Å². The second-order valence-electron chi connectivity index (χ2n) is 2.79. The molecule has 0 aromatic heterocycles. The Kier molecular flexibility index (Phi) is 2.04. The minimum Gasteiger partial charge on any atom is -0.416 e. The molecule has 0 unspecified atom stereocenters. The summed E-state index contributed by atoms with van der Waals surface area (Å²) in [6.07, 6.45) is 0. The van der Waals surface area contributed by atoms with Crippen LogP contribution < -0.4 is 5.90 Å². The van der Waals surface area contributed by atoms with Gasteiger partial charge in [0.1, 0.15) is 5.76 Å². The van der Waals surface area contributed by atoms with Gasteiger partial charge in [0.05, 0.1) is 0 Å². The molecule has 0 aliphatic carbocycles. The number of nitrogens with two attached hydrogens (primary N) is 1. The molecule has 2 N–H and O–H groups in total. The maximum absolute atomic E-state index is 4.86. The third-order valence-corrected chi connectivity index (χ3v) is 0.979. The first-order chi connectivity index (χ1) is 3.48. The fraction of sp³-hybridized carbons (Fsp3) is 0.667. The Labute approximate surface area is 50.3 Å². The summed E-state index contributed by atoms with van der Waals surface area (Å²) in [5.74, 6) is 5.47. The molecular weight excluding hydrogens is 102 g/mol. The van der Waals surface area contributed by atoms with Crippen molar-refractivity contribution in [1.29, 1.82) is 0 Å². The van der Waals surface area contributed by atoms with E-state index in [9.17, 15) is 0 Å². The van der Waals surface area contributed by atoms with E-state index in [-0.39, 0.29) is 5.41 Å². The van der Waals surface area contributed by atoms with Gasteiger partial charge in [-0.15, -0.1) is 0 Å². The molecule has 0 heterocycles. The molecule has 0 aliphatic rings. The van der Waals surface area contributed by atoms with Crippen molar-refractivity contribution in [3.05, 3.63) is 12.3 Å². The summed E-state index contributed by atoms with van der Waals surface area (Å²) in [6, 6.07) is 0. The summed E-state index contributed by atoms with van der Waals surface area (Å²) in [5, 5.41) is 0. The molecule has 0 atom stereocenters. The summed E-state index contributed by atoms with van der Waals surface area (Å²) >= 11 is 0. The predicted molar refractivity (Wildman–Crippen MR) is 33.9 cm³/mol. The van der Waals surface area contributed by atoms with Crippen LogP contribution in [0.2, 0.25) is 0 Å². The minimum absolute atomic E-state index is 0.0330. The second kappa shape index (κ2) is 2.18. The fourth-order valence-corrected chi connectivity index (χ4v) is 0.177. The molecule has 0 saturated heterocycles. The molecule has 0 radical (unpaired) electrons. The lowest BCUT2D eigenvalue weighted by Crippen LogP contribution is -2.13. The van der Waals surface area contributed by atoms with E-state index in [0.717, 1.165) is 0 Å². The van der Waals surface area contributed by atoms with Crippen molar-refractivity contribution in [3.63, 3.8) is 0 Å². The summed E-state index contributed by atoms with van der Waals surface area (Å²) in [5.41, 5.74) is -0.0330. The first-order valence-corrected chi connectivity index (χ1v) is 2.54. The van der Waals surface area contributed by atoms with Crippen LogP contribution in [0.25, 0.3) is 0 Å². The molecule has 0 saturated carbocycles. The number of hydrogen-bond acceptors (Lipinski definition) is 2. The number of allylic oxidation sites excluding steroid dienone is 1. The van der Waals surface area contributed by atoms with Gasteiger partial charge in [-0.3, -0.25) is 0 Å². The zero-order valence-electron chi connectivity index (χ0n) is 5.69. The molecule has 0 bridgehead atoms. The quantitative estimate of drug-likeness (QED) is 0.414. The molecule has 8 heavy (non-hydrogen) atoms. The Bertz CT molecular complexity index is 91.2. The average molecular weight is 115 g/mol. The van der Waals surface area contributed by atoms with E-state index in [1.54, 1.807) is 0 Å². The Morgan fingerprint density at radius 2 is 1.88 bits per heavy atom. The average Bonchev–Trinajstić information content (AvgIpc) is 1.62. The standard InChI is InChI=1S/C6H13NO/c1-5(8-7)6(2,3)4/h1,7H2,2-4H3. The van der Waals surface area contributed by atoms with Crippen LogP contribution in [0, 0.1) is 5.41 Å². The smallest absolute Gasteiger partial charge is 0.122 e. The van der Waals surface area contributed by atoms with E-state index in [2.05, 4.69) is 11.4 Å². The zero-order valence-corrected chi connectivity index (χ0v) is 5.69. The van der Waals surface area contributed by atoms with Crippen molar-refractivity contribution in [3.8, 4) is 0 Å².